The molecule has 3 heterocycles. The van der Waals surface area contributed by atoms with Gasteiger partial charge in [-0.1, -0.05) is 117 Å². The van der Waals surface area contributed by atoms with Gasteiger partial charge in [0.15, 0.2) is 4.96 Å². The van der Waals surface area contributed by atoms with Gasteiger partial charge < -0.3 is 0 Å². The Kier molecular flexibility index (Phi) is 4.75. The third-order valence-electron chi connectivity index (χ3n) is 9.88. The van der Waals surface area contributed by atoms with Gasteiger partial charge in [0.05, 0.1) is 21.3 Å². The van der Waals surface area contributed by atoms with E-state index in [2.05, 4.69) is 19.9 Å². The van der Waals surface area contributed by atoms with E-state index < -0.39 is 32.3 Å². The third-order valence-corrected chi connectivity index (χ3v) is 12.2. The molecule has 0 saturated heterocycles. The van der Waals surface area contributed by atoms with Crippen LogP contribution in [0.5, 0.6) is 0 Å². The Bertz CT molecular complexity index is 3050. The number of rotatable bonds is 4. The second-order valence-electron chi connectivity index (χ2n) is 13.0. The Labute approximate surface area is 311 Å². The number of hydrogen-bond donors (Lipinski definition) is 0. The highest BCUT2D eigenvalue weighted by molar-refractivity contribution is 7.99. The zero-order valence-electron chi connectivity index (χ0n) is 38.1. The summed E-state index contributed by atoms with van der Waals surface area (Å²) in [7, 11) is 0. The normalized spacial score (nSPS) is 18.1. The van der Waals surface area contributed by atoms with Crippen LogP contribution in [0.15, 0.2) is 119 Å². The highest BCUT2D eigenvalue weighted by atomic mass is 32.2. The molecule has 0 unspecified atom stereocenters. The molecule has 8 aromatic rings. The van der Waals surface area contributed by atoms with Crippen LogP contribution >= 0.6 is 23.1 Å². The smallest absolute Gasteiger partial charge is 0.195 e. The predicted octanol–water partition coefficient (Wildman–Crippen LogP) is 13.0. The van der Waals surface area contributed by atoms with E-state index in [1.165, 1.54) is 42.2 Å². The van der Waals surface area contributed by atoms with Gasteiger partial charge in [0.25, 0.3) is 0 Å². The lowest BCUT2D eigenvalue weighted by Crippen LogP contribution is -2.24. The summed E-state index contributed by atoms with van der Waals surface area (Å²) in [6.07, 6.45) is -1.83. The van der Waals surface area contributed by atoms with Crippen LogP contribution in [0.2, 0.25) is 0 Å². The van der Waals surface area contributed by atoms with Crippen LogP contribution in [0.25, 0.3) is 59.6 Å². The van der Waals surface area contributed by atoms with Gasteiger partial charge in [0, 0.05) is 35.8 Å². The summed E-state index contributed by atoms with van der Waals surface area (Å²) >= 11 is 2.87. The number of para-hydroxylation sites is 2. The van der Waals surface area contributed by atoms with Crippen molar-refractivity contribution in [2.75, 3.05) is 0 Å². The zero-order valence-corrected chi connectivity index (χ0v) is 28.7. The number of hydrogen-bond acceptors (Lipinski definition) is 3. The number of fused-ring (bicyclic) bond motifs is 7. The molecule has 6 aromatic carbocycles. The molecule has 0 saturated carbocycles. The van der Waals surface area contributed by atoms with Crippen molar-refractivity contribution < 1.29 is 15.1 Å². The quantitative estimate of drug-likeness (QED) is 0.184. The Morgan fingerprint density at radius 1 is 0.714 bits per heavy atom. The van der Waals surface area contributed by atoms with E-state index in [-0.39, 0.29) is 27.8 Å². The Balaban J connectivity index is 1.35. The standard InChI is InChI=1S/C45H38N2S2/c1-7-29-21-23-38-43(49-44-46-36-13-9-10-14-37(36)47(38)44)41(29)31-20-17-27(3)33(25-31)32-24-30(19-16-26(32)2)40-28(4)18-22-35-42(40)48-39-15-11-8-12-34(39)45(35,5)6/h8-25H,7H2,1-6H3/i2D3,3D3,4D3,7D2. The van der Waals surface area contributed by atoms with Gasteiger partial charge in [-0.05, 0) is 125 Å². The van der Waals surface area contributed by atoms with Crippen LogP contribution in [-0.4, -0.2) is 9.38 Å². The van der Waals surface area contributed by atoms with Gasteiger partial charge in [-0.15, -0.1) is 0 Å². The molecule has 1 aliphatic rings. The van der Waals surface area contributed by atoms with E-state index in [9.17, 15) is 0 Å². The van der Waals surface area contributed by atoms with E-state index in [0.29, 0.717) is 32.8 Å². The van der Waals surface area contributed by atoms with Gasteiger partial charge in [0.2, 0.25) is 0 Å². The molecule has 0 radical (unpaired) electrons. The number of aromatic nitrogens is 2. The highest BCUT2D eigenvalue weighted by Gasteiger charge is 2.34. The van der Waals surface area contributed by atoms with Crippen LogP contribution in [0, 0.1) is 20.6 Å². The number of imidazole rings is 1. The Morgan fingerprint density at radius 3 is 2.16 bits per heavy atom. The zero-order chi connectivity index (χ0) is 42.9. The Hall–Kier alpha value is -4.64. The first-order valence-corrected chi connectivity index (χ1v) is 17.8. The lowest BCUT2D eigenvalue weighted by molar-refractivity contribution is 0.607. The van der Waals surface area contributed by atoms with Crippen molar-refractivity contribution >= 4 is 49.3 Å². The van der Waals surface area contributed by atoms with Crippen molar-refractivity contribution in [1.82, 2.24) is 9.38 Å². The summed E-state index contributed by atoms with van der Waals surface area (Å²) in [5, 5.41) is 0. The minimum Gasteiger partial charge on any atom is -0.283 e. The van der Waals surface area contributed by atoms with E-state index in [0.717, 1.165) is 42.2 Å². The first-order valence-electron chi connectivity index (χ1n) is 21.6. The van der Waals surface area contributed by atoms with Crippen LogP contribution in [-0.2, 0) is 11.8 Å². The maximum atomic E-state index is 8.92. The van der Waals surface area contributed by atoms with Gasteiger partial charge >= 0.3 is 0 Å². The summed E-state index contributed by atoms with van der Waals surface area (Å²) in [5.41, 5.74) is 6.47. The first kappa shape index (κ1) is 20.8. The maximum Gasteiger partial charge on any atom is 0.195 e. The minimum atomic E-state index is -2.69. The monoisotopic (exact) mass is 681 g/mol. The molecule has 9 rings (SSSR count). The molecule has 0 fully saturated rings. The predicted molar refractivity (Wildman–Crippen MR) is 211 cm³/mol. The first-order chi connectivity index (χ1) is 28.0. The van der Waals surface area contributed by atoms with Gasteiger partial charge in [-0.3, -0.25) is 4.40 Å². The van der Waals surface area contributed by atoms with Crippen LogP contribution < -0.4 is 0 Å². The average Bonchev–Trinajstić information content (AvgIpc) is 3.71. The summed E-state index contributed by atoms with van der Waals surface area (Å²) < 4.78 is 98.7. The lowest BCUT2D eigenvalue weighted by atomic mass is 9.76. The van der Waals surface area contributed by atoms with Crippen molar-refractivity contribution in [2.24, 2.45) is 0 Å². The average molecular weight is 682 g/mol. The largest absolute Gasteiger partial charge is 0.283 e. The fraction of sp³-hybridized carbons (Fsp3) is 0.178. The van der Waals surface area contributed by atoms with Crippen molar-refractivity contribution in [3.8, 4) is 33.4 Å². The molecule has 0 aliphatic carbocycles. The molecule has 0 bridgehead atoms. The van der Waals surface area contributed by atoms with Crippen LogP contribution in [0.4, 0.5) is 0 Å². The molecule has 2 aromatic heterocycles. The minimum absolute atomic E-state index is 0.0929. The molecular weight excluding hydrogens is 633 g/mol. The van der Waals surface area contributed by atoms with E-state index in [4.69, 9.17) is 20.1 Å². The van der Waals surface area contributed by atoms with Crippen LogP contribution in [0.3, 0.4) is 0 Å². The molecule has 0 N–H and O–H groups in total. The van der Waals surface area contributed by atoms with Crippen LogP contribution in [0.1, 0.15) is 69.2 Å². The molecule has 2 nitrogen and oxygen atoms in total. The van der Waals surface area contributed by atoms with E-state index >= 15 is 0 Å². The highest BCUT2D eigenvalue weighted by Crippen LogP contribution is 2.53. The Morgan fingerprint density at radius 2 is 1.41 bits per heavy atom. The molecule has 4 heteroatoms. The molecule has 1 aliphatic heterocycles. The van der Waals surface area contributed by atoms with Crippen molar-refractivity contribution in [3.05, 3.63) is 143 Å². The molecule has 0 amide bonds. The molecule has 49 heavy (non-hydrogen) atoms. The summed E-state index contributed by atoms with van der Waals surface area (Å²) in [6.45, 7) is -2.25. The second-order valence-corrected chi connectivity index (χ2v) is 15.0. The second kappa shape index (κ2) is 11.2. The third kappa shape index (κ3) is 4.57. The summed E-state index contributed by atoms with van der Waals surface area (Å²) in [4.78, 5) is 7.27. The van der Waals surface area contributed by atoms with Crippen molar-refractivity contribution in [1.29, 1.82) is 0 Å². The number of benzene rings is 6. The topological polar surface area (TPSA) is 17.3 Å². The SMILES string of the molecule is [2H]C([2H])([2H])c1ccc(-c2c(C([2H])([2H])[2H])ccc3c2Sc2ccccc2C3(C)C)cc1-c1cc(-c2c(C([2H])([2H])C)ccc3c2sc2nc4ccccc4n23)ccc1C([2H])([2H])[2H]. The fourth-order valence-corrected chi connectivity index (χ4v) is 10.2. The molecule has 0 atom stereocenters. The number of thiazole rings is 1. The van der Waals surface area contributed by atoms with Crippen molar-refractivity contribution in [2.45, 2.75) is 62.9 Å². The van der Waals surface area contributed by atoms with E-state index in [1.807, 2.05) is 59.0 Å². The summed E-state index contributed by atoms with van der Waals surface area (Å²) in [6, 6.07) is 32.4. The maximum absolute atomic E-state index is 8.92. The molecule has 0 spiro atoms. The number of aryl methyl sites for hydroxylation is 4. The summed E-state index contributed by atoms with van der Waals surface area (Å²) in [5.74, 6) is 0. The van der Waals surface area contributed by atoms with Gasteiger partial charge in [-0.25, -0.2) is 4.98 Å². The fourth-order valence-electron chi connectivity index (χ4n) is 7.38. The molecule has 240 valence electrons. The van der Waals surface area contributed by atoms with Gasteiger partial charge in [-0.2, -0.15) is 0 Å². The van der Waals surface area contributed by atoms with E-state index in [1.54, 1.807) is 36.4 Å². The molecular formula is C45H38N2S2. The van der Waals surface area contributed by atoms with Crippen molar-refractivity contribution in [3.63, 3.8) is 0 Å². The lowest BCUT2D eigenvalue weighted by Gasteiger charge is -2.36. The van der Waals surface area contributed by atoms with Gasteiger partial charge in [0.1, 0.15) is 0 Å². The number of nitrogens with zero attached hydrogens (tertiary/aromatic N) is 2.